The van der Waals surface area contributed by atoms with E-state index in [0.29, 0.717) is 31.8 Å². The zero-order chi connectivity index (χ0) is 14.8. The topological polar surface area (TPSA) is 123 Å². The Balaban J connectivity index is 1.91. The number of hydrogen-bond donors (Lipinski definition) is 1. The SMILES string of the molecule is CS(=O)(=O)OCc1nc(C2CCN(C(=O)O)CC2)no1. The van der Waals surface area contributed by atoms with Crippen molar-refractivity contribution < 1.29 is 27.0 Å². The number of nitrogens with zero attached hydrogens (tertiary/aromatic N) is 3. The summed E-state index contributed by atoms with van der Waals surface area (Å²) >= 11 is 0. The first-order chi connectivity index (χ1) is 9.35. The van der Waals surface area contributed by atoms with Crippen LogP contribution in [0.2, 0.25) is 0 Å². The number of amides is 1. The van der Waals surface area contributed by atoms with E-state index < -0.39 is 16.2 Å². The van der Waals surface area contributed by atoms with Gasteiger partial charge < -0.3 is 14.5 Å². The average Bonchev–Trinajstić information content (AvgIpc) is 2.84. The van der Waals surface area contributed by atoms with Crippen molar-refractivity contribution in [3.05, 3.63) is 11.7 Å². The van der Waals surface area contributed by atoms with Crippen LogP contribution in [-0.2, 0) is 20.9 Å². The summed E-state index contributed by atoms with van der Waals surface area (Å²) in [4.78, 5) is 16.2. The molecule has 1 aromatic heterocycles. The van der Waals surface area contributed by atoms with E-state index in [2.05, 4.69) is 14.3 Å². The Morgan fingerprint density at radius 2 is 2.15 bits per heavy atom. The van der Waals surface area contributed by atoms with Gasteiger partial charge in [-0.2, -0.15) is 13.4 Å². The Labute approximate surface area is 115 Å². The summed E-state index contributed by atoms with van der Waals surface area (Å²) in [5.41, 5.74) is 0. The molecule has 0 bridgehead atoms. The lowest BCUT2D eigenvalue weighted by Gasteiger charge is -2.28. The van der Waals surface area contributed by atoms with E-state index in [0.717, 1.165) is 6.26 Å². The third-order valence-corrected chi connectivity index (χ3v) is 3.56. The molecule has 10 heteroatoms. The molecule has 20 heavy (non-hydrogen) atoms. The quantitative estimate of drug-likeness (QED) is 0.793. The first kappa shape index (κ1) is 14.7. The monoisotopic (exact) mass is 305 g/mol. The fourth-order valence-electron chi connectivity index (χ4n) is 1.98. The molecule has 0 spiro atoms. The molecule has 1 fully saturated rings. The van der Waals surface area contributed by atoms with E-state index >= 15 is 0 Å². The number of piperidine rings is 1. The van der Waals surface area contributed by atoms with Crippen LogP contribution in [0.4, 0.5) is 4.79 Å². The molecule has 1 N–H and O–H groups in total. The molecule has 1 aliphatic rings. The molecule has 0 saturated carbocycles. The minimum Gasteiger partial charge on any atom is -0.465 e. The number of likely N-dealkylation sites (tertiary alicyclic amines) is 1. The van der Waals surface area contributed by atoms with Gasteiger partial charge in [0.05, 0.1) is 6.26 Å². The van der Waals surface area contributed by atoms with Gasteiger partial charge in [0.15, 0.2) is 5.82 Å². The van der Waals surface area contributed by atoms with Gasteiger partial charge in [-0.3, -0.25) is 4.18 Å². The van der Waals surface area contributed by atoms with Crippen LogP contribution in [0, 0.1) is 0 Å². The lowest BCUT2D eigenvalue weighted by molar-refractivity contribution is 0.131. The highest BCUT2D eigenvalue weighted by molar-refractivity contribution is 7.85. The summed E-state index contributed by atoms with van der Waals surface area (Å²) in [6.45, 7) is 0.549. The second-order valence-electron chi connectivity index (χ2n) is 4.56. The highest BCUT2D eigenvalue weighted by Crippen LogP contribution is 2.25. The highest BCUT2D eigenvalue weighted by Gasteiger charge is 2.26. The molecular formula is C10H15N3O6S. The van der Waals surface area contributed by atoms with Gasteiger partial charge >= 0.3 is 6.09 Å². The Morgan fingerprint density at radius 3 is 2.70 bits per heavy atom. The number of carboxylic acid groups (broad SMARTS) is 1. The van der Waals surface area contributed by atoms with E-state index in [-0.39, 0.29) is 18.4 Å². The van der Waals surface area contributed by atoms with Gasteiger partial charge in [0.25, 0.3) is 16.0 Å². The smallest absolute Gasteiger partial charge is 0.407 e. The largest absolute Gasteiger partial charge is 0.465 e. The molecule has 1 amide bonds. The third kappa shape index (κ3) is 3.90. The van der Waals surface area contributed by atoms with Crippen molar-refractivity contribution >= 4 is 16.2 Å². The summed E-state index contributed by atoms with van der Waals surface area (Å²) in [6, 6.07) is 0. The van der Waals surface area contributed by atoms with E-state index in [1.807, 2.05) is 0 Å². The Bertz CT molecular complexity index is 576. The normalized spacial score (nSPS) is 17.4. The second kappa shape index (κ2) is 5.75. The molecule has 0 aliphatic carbocycles. The molecule has 0 radical (unpaired) electrons. The maximum Gasteiger partial charge on any atom is 0.407 e. The average molecular weight is 305 g/mol. The van der Waals surface area contributed by atoms with Crippen molar-refractivity contribution in [3.8, 4) is 0 Å². The fourth-order valence-corrected chi connectivity index (χ4v) is 2.29. The molecule has 1 aromatic rings. The molecular weight excluding hydrogens is 290 g/mol. The van der Waals surface area contributed by atoms with Crippen molar-refractivity contribution in [2.75, 3.05) is 19.3 Å². The molecule has 9 nitrogen and oxygen atoms in total. The Hall–Kier alpha value is -1.68. The highest BCUT2D eigenvalue weighted by atomic mass is 32.2. The standard InChI is InChI=1S/C10H15N3O6S/c1-20(16,17)18-6-8-11-9(12-19-8)7-2-4-13(5-3-7)10(14)15/h7H,2-6H2,1H3,(H,14,15). The summed E-state index contributed by atoms with van der Waals surface area (Å²) in [5.74, 6) is 0.564. The molecule has 1 aliphatic heterocycles. The van der Waals surface area contributed by atoms with Crippen molar-refractivity contribution in [2.24, 2.45) is 0 Å². The van der Waals surface area contributed by atoms with Crippen LogP contribution in [0.1, 0.15) is 30.5 Å². The van der Waals surface area contributed by atoms with E-state index in [1.165, 1.54) is 4.90 Å². The van der Waals surface area contributed by atoms with Gasteiger partial charge in [-0.15, -0.1) is 0 Å². The number of carbonyl (C=O) groups is 1. The molecule has 1 saturated heterocycles. The van der Waals surface area contributed by atoms with Crippen molar-refractivity contribution in [1.29, 1.82) is 0 Å². The predicted octanol–water partition coefficient (Wildman–Crippen LogP) is 0.403. The van der Waals surface area contributed by atoms with E-state index in [9.17, 15) is 13.2 Å². The van der Waals surface area contributed by atoms with Crippen LogP contribution in [0.15, 0.2) is 4.52 Å². The zero-order valence-electron chi connectivity index (χ0n) is 10.9. The molecule has 112 valence electrons. The van der Waals surface area contributed by atoms with Crippen LogP contribution in [-0.4, -0.2) is 54.0 Å². The van der Waals surface area contributed by atoms with Crippen LogP contribution < -0.4 is 0 Å². The van der Waals surface area contributed by atoms with Crippen molar-refractivity contribution in [3.63, 3.8) is 0 Å². The van der Waals surface area contributed by atoms with Gasteiger partial charge in [-0.1, -0.05) is 5.16 Å². The number of aromatic nitrogens is 2. The number of rotatable bonds is 4. The first-order valence-electron chi connectivity index (χ1n) is 6.00. The van der Waals surface area contributed by atoms with Crippen LogP contribution in [0.5, 0.6) is 0 Å². The zero-order valence-corrected chi connectivity index (χ0v) is 11.7. The molecule has 0 aromatic carbocycles. The maximum atomic E-state index is 10.8. The van der Waals surface area contributed by atoms with Crippen molar-refractivity contribution in [1.82, 2.24) is 15.0 Å². The van der Waals surface area contributed by atoms with E-state index in [4.69, 9.17) is 9.63 Å². The third-order valence-electron chi connectivity index (χ3n) is 3.01. The van der Waals surface area contributed by atoms with Gasteiger partial charge in [0, 0.05) is 19.0 Å². The van der Waals surface area contributed by atoms with Gasteiger partial charge in [-0.05, 0) is 12.8 Å². The molecule has 2 rings (SSSR count). The summed E-state index contributed by atoms with van der Waals surface area (Å²) in [6.07, 6.45) is 1.22. The van der Waals surface area contributed by atoms with Crippen LogP contribution in [0.25, 0.3) is 0 Å². The molecule has 0 atom stereocenters. The number of hydrogen-bond acceptors (Lipinski definition) is 7. The van der Waals surface area contributed by atoms with Gasteiger partial charge in [-0.25, -0.2) is 4.79 Å². The summed E-state index contributed by atoms with van der Waals surface area (Å²) in [7, 11) is -3.55. The summed E-state index contributed by atoms with van der Waals surface area (Å²) < 4.78 is 31.1. The van der Waals surface area contributed by atoms with Crippen molar-refractivity contribution in [2.45, 2.75) is 25.4 Å². The molecule has 0 unspecified atom stereocenters. The minimum absolute atomic E-state index is 0.0151. The molecule has 2 heterocycles. The lowest BCUT2D eigenvalue weighted by Crippen LogP contribution is -2.37. The fraction of sp³-hybridized carbons (Fsp3) is 0.700. The second-order valence-corrected chi connectivity index (χ2v) is 6.20. The van der Waals surface area contributed by atoms with Crippen LogP contribution in [0.3, 0.4) is 0 Å². The summed E-state index contributed by atoms with van der Waals surface area (Å²) in [5, 5.41) is 12.6. The first-order valence-corrected chi connectivity index (χ1v) is 7.81. The Morgan fingerprint density at radius 1 is 1.50 bits per heavy atom. The minimum atomic E-state index is -3.55. The Kier molecular flexibility index (Phi) is 4.23. The van der Waals surface area contributed by atoms with Gasteiger partial charge in [0.1, 0.15) is 6.61 Å². The predicted molar refractivity (Wildman–Crippen MR) is 65.5 cm³/mol. The van der Waals surface area contributed by atoms with Crippen LogP contribution >= 0.6 is 0 Å². The van der Waals surface area contributed by atoms with Gasteiger partial charge in [0.2, 0.25) is 0 Å². The maximum absolute atomic E-state index is 10.8. The lowest BCUT2D eigenvalue weighted by atomic mass is 9.96. The van der Waals surface area contributed by atoms with E-state index in [1.54, 1.807) is 0 Å².